The van der Waals surface area contributed by atoms with Crippen LogP contribution < -0.4 is 20.2 Å². The largest absolute Gasteiger partial charge is 0.493 e. The number of ether oxygens (including phenoxy) is 2. The van der Waals surface area contributed by atoms with E-state index in [-0.39, 0.29) is 18.3 Å². The number of anilines is 2. The van der Waals surface area contributed by atoms with E-state index in [1.165, 1.54) is 19.4 Å². The number of hydrogen-bond acceptors (Lipinski definition) is 6. The summed E-state index contributed by atoms with van der Waals surface area (Å²) in [4.78, 5) is 16.1. The van der Waals surface area contributed by atoms with Gasteiger partial charge in [0.1, 0.15) is 5.82 Å². The van der Waals surface area contributed by atoms with Crippen LogP contribution in [-0.2, 0) is 11.0 Å². The molecular weight excluding hydrogens is 461 g/mol. The number of pyridine rings is 1. The highest BCUT2D eigenvalue weighted by Gasteiger charge is 2.30. The standard InChI is InChI=1S/C25H25F3N4O3/c1-15-9-16(2)24(17(3)10-15)31-23(33)14-35-20-7-5-18(11-21(20)34-4)12-30-32-22-8-6-19(13-29-22)25(26,27)28/h5-13H,14H2,1-4H3,(H,29,32)(H,31,33)/b30-12+. The molecule has 2 N–H and O–H groups in total. The van der Waals surface area contributed by atoms with Crippen molar-refractivity contribution in [2.24, 2.45) is 5.10 Å². The molecule has 0 fully saturated rings. The number of rotatable bonds is 8. The van der Waals surface area contributed by atoms with Crippen molar-refractivity contribution in [3.05, 3.63) is 76.5 Å². The molecule has 0 atom stereocenters. The molecule has 0 aliphatic rings. The Hall–Kier alpha value is -4.08. The lowest BCUT2D eigenvalue weighted by Gasteiger charge is -2.14. The van der Waals surface area contributed by atoms with Gasteiger partial charge in [0, 0.05) is 11.9 Å². The van der Waals surface area contributed by atoms with Crippen LogP contribution in [0.25, 0.3) is 0 Å². The number of hydrazone groups is 1. The highest BCUT2D eigenvalue weighted by Crippen LogP contribution is 2.29. The van der Waals surface area contributed by atoms with Crippen molar-refractivity contribution in [1.29, 1.82) is 0 Å². The Morgan fingerprint density at radius 2 is 1.77 bits per heavy atom. The third-order valence-electron chi connectivity index (χ3n) is 4.97. The number of carbonyl (C=O) groups excluding carboxylic acids is 1. The normalized spacial score (nSPS) is 11.4. The number of halogens is 3. The van der Waals surface area contributed by atoms with Gasteiger partial charge < -0.3 is 14.8 Å². The SMILES string of the molecule is COc1cc(/C=N/Nc2ccc(C(F)(F)F)cn2)ccc1OCC(=O)Nc1c(C)cc(C)cc1C. The zero-order chi connectivity index (χ0) is 25.6. The van der Waals surface area contributed by atoms with Gasteiger partial charge in [0.2, 0.25) is 0 Å². The van der Waals surface area contributed by atoms with Crippen LogP contribution in [0.15, 0.2) is 53.8 Å². The first kappa shape index (κ1) is 25.5. The number of benzene rings is 2. The fourth-order valence-electron chi connectivity index (χ4n) is 3.38. The van der Waals surface area contributed by atoms with Crippen LogP contribution in [0.5, 0.6) is 11.5 Å². The Kier molecular flexibility index (Phi) is 7.95. The summed E-state index contributed by atoms with van der Waals surface area (Å²) in [6.45, 7) is 5.65. The molecule has 0 radical (unpaired) electrons. The predicted octanol–water partition coefficient (Wildman–Crippen LogP) is 5.50. The molecule has 2 aromatic carbocycles. The van der Waals surface area contributed by atoms with Crippen LogP contribution in [0.2, 0.25) is 0 Å². The van der Waals surface area contributed by atoms with Gasteiger partial charge in [-0.2, -0.15) is 18.3 Å². The van der Waals surface area contributed by atoms with Gasteiger partial charge in [0.05, 0.1) is 18.9 Å². The van der Waals surface area contributed by atoms with Crippen LogP contribution in [0.4, 0.5) is 24.7 Å². The lowest BCUT2D eigenvalue weighted by molar-refractivity contribution is -0.137. The predicted molar refractivity (Wildman–Crippen MR) is 128 cm³/mol. The van der Waals surface area contributed by atoms with Gasteiger partial charge in [-0.1, -0.05) is 17.7 Å². The number of aromatic nitrogens is 1. The molecule has 1 amide bonds. The van der Waals surface area contributed by atoms with E-state index in [9.17, 15) is 18.0 Å². The monoisotopic (exact) mass is 486 g/mol. The molecule has 3 rings (SSSR count). The molecule has 10 heteroatoms. The molecule has 0 spiro atoms. The maximum Gasteiger partial charge on any atom is 0.417 e. The number of methoxy groups -OCH3 is 1. The second-order valence-corrected chi connectivity index (χ2v) is 7.82. The third-order valence-corrected chi connectivity index (χ3v) is 4.97. The fourth-order valence-corrected chi connectivity index (χ4v) is 3.38. The summed E-state index contributed by atoms with van der Waals surface area (Å²) in [5, 5.41) is 6.85. The number of carbonyl (C=O) groups is 1. The molecule has 0 unspecified atom stereocenters. The maximum absolute atomic E-state index is 12.6. The quantitative estimate of drug-likeness (QED) is 0.325. The van der Waals surface area contributed by atoms with E-state index in [1.54, 1.807) is 18.2 Å². The van der Waals surface area contributed by atoms with E-state index in [1.807, 2.05) is 32.9 Å². The minimum absolute atomic E-state index is 0.159. The molecule has 1 heterocycles. The van der Waals surface area contributed by atoms with Gasteiger partial charge >= 0.3 is 6.18 Å². The summed E-state index contributed by atoms with van der Waals surface area (Å²) in [7, 11) is 1.46. The summed E-state index contributed by atoms with van der Waals surface area (Å²) in [5.41, 5.74) is 6.17. The molecule has 0 aliphatic carbocycles. The molecule has 184 valence electrons. The van der Waals surface area contributed by atoms with Crippen LogP contribution in [0.3, 0.4) is 0 Å². The number of nitrogens with one attached hydrogen (secondary N) is 2. The molecule has 0 aliphatic heterocycles. The zero-order valence-corrected chi connectivity index (χ0v) is 19.7. The van der Waals surface area contributed by atoms with E-state index in [0.717, 1.165) is 34.6 Å². The van der Waals surface area contributed by atoms with E-state index < -0.39 is 11.7 Å². The van der Waals surface area contributed by atoms with Gasteiger partial charge in [-0.25, -0.2) is 4.98 Å². The highest BCUT2D eigenvalue weighted by molar-refractivity contribution is 5.93. The lowest BCUT2D eigenvalue weighted by atomic mass is 10.1. The average molecular weight is 486 g/mol. The van der Waals surface area contributed by atoms with Crippen molar-refractivity contribution in [1.82, 2.24) is 4.98 Å². The Labute approximate surface area is 201 Å². The second kappa shape index (κ2) is 10.9. The third kappa shape index (κ3) is 6.95. The average Bonchev–Trinajstić information content (AvgIpc) is 2.80. The number of hydrogen-bond donors (Lipinski definition) is 2. The Bertz CT molecular complexity index is 1200. The second-order valence-electron chi connectivity index (χ2n) is 7.82. The van der Waals surface area contributed by atoms with Gasteiger partial charge in [0.15, 0.2) is 18.1 Å². The summed E-state index contributed by atoms with van der Waals surface area (Å²) < 4.78 is 48.8. The summed E-state index contributed by atoms with van der Waals surface area (Å²) in [6.07, 6.45) is -2.28. The molecule has 1 aromatic heterocycles. The lowest BCUT2D eigenvalue weighted by Crippen LogP contribution is -2.21. The van der Waals surface area contributed by atoms with Crippen molar-refractivity contribution < 1.29 is 27.4 Å². The summed E-state index contributed by atoms with van der Waals surface area (Å²) in [5.74, 6) is 0.610. The van der Waals surface area contributed by atoms with Gasteiger partial charge in [-0.3, -0.25) is 10.2 Å². The molecule has 7 nitrogen and oxygen atoms in total. The van der Waals surface area contributed by atoms with Crippen LogP contribution in [0, 0.1) is 20.8 Å². The minimum Gasteiger partial charge on any atom is -0.493 e. The molecule has 0 saturated heterocycles. The van der Waals surface area contributed by atoms with E-state index >= 15 is 0 Å². The molecule has 0 bridgehead atoms. The van der Waals surface area contributed by atoms with Gasteiger partial charge in [-0.05, 0) is 67.8 Å². The van der Waals surface area contributed by atoms with Crippen molar-refractivity contribution in [2.75, 3.05) is 24.5 Å². The van der Waals surface area contributed by atoms with Gasteiger partial charge in [0.25, 0.3) is 5.91 Å². The van der Waals surface area contributed by atoms with Gasteiger partial charge in [-0.15, -0.1) is 0 Å². The Balaban J connectivity index is 1.59. The smallest absolute Gasteiger partial charge is 0.417 e. The van der Waals surface area contributed by atoms with E-state index in [0.29, 0.717) is 17.1 Å². The van der Waals surface area contributed by atoms with E-state index in [2.05, 4.69) is 20.8 Å². The molecular formula is C25H25F3N4O3. The highest BCUT2D eigenvalue weighted by atomic mass is 19.4. The summed E-state index contributed by atoms with van der Waals surface area (Å²) >= 11 is 0. The van der Waals surface area contributed by atoms with Crippen molar-refractivity contribution in [3.8, 4) is 11.5 Å². The topological polar surface area (TPSA) is 84.8 Å². The zero-order valence-electron chi connectivity index (χ0n) is 19.7. The number of amides is 1. The number of aryl methyl sites for hydroxylation is 3. The van der Waals surface area contributed by atoms with Crippen LogP contribution >= 0.6 is 0 Å². The fraction of sp³-hybridized carbons (Fsp3) is 0.240. The molecule has 3 aromatic rings. The van der Waals surface area contributed by atoms with Crippen molar-refractivity contribution in [3.63, 3.8) is 0 Å². The first-order chi connectivity index (χ1) is 16.6. The Morgan fingerprint density at radius 3 is 2.37 bits per heavy atom. The molecule has 0 saturated carbocycles. The first-order valence-corrected chi connectivity index (χ1v) is 10.6. The first-order valence-electron chi connectivity index (χ1n) is 10.6. The minimum atomic E-state index is -4.45. The summed E-state index contributed by atoms with van der Waals surface area (Å²) in [6, 6.07) is 11.1. The van der Waals surface area contributed by atoms with Crippen LogP contribution in [-0.4, -0.2) is 30.8 Å². The van der Waals surface area contributed by atoms with E-state index in [4.69, 9.17) is 9.47 Å². The molecule has 35 heavy (non-hydrogen) atoms. The van der Waals surface area contributed by atoms with Crippen LogP contribution in [0.1, 0.15) is 27.8 Å². The Morgan fingerprint density at radius 1 is 1.06 bits per heavy atom. The van der Waals surface area contributed by atoms with Crippen molar-refractivity contribution >= 4 is 23.6 Å². The number of nitrogens with zero attached hydrogens (tertiary/aromatic N) is 2. The number of alkyl halides is 3. The van der Waals surface area contributed by atoms with Crippen molar-refractivity contribution in [2.45, 2.75) is 26.9 Å². The maximum atomic E-state index is 12.6.